The molecule has 1 saturated heterocycles. The van der Waals surface area contributed by atoms with Crippen molar-refractivity contribution in [2.45, 2.75) is 26.2 Å². The fraction of sp³-hybridized carbons (Fsp3) is 0.529. The summed E-state index contributed by atoms with van der Waals surface area (Å²) in [5.74, 6) is 0.432. The highest BCUT2D eigenvalue weighted by molar-refractivity contribution is 5.80. The van der Waals surface area contributed by atoms with Crippen molar-refractivity contribution >= 4 is 11.8 Å². The maximum Gasteiger partial charge on any atom is 0.248 e. The highest BCUT2D eigenvalue weighted by Gasteiger charge is 2.28. The van der Waals surface area contributed by atoms with Gasteiger partial charge in [0, 0.05) is 13.1 Å². The van der Waals surface area contributed by atoms with Gasteiger partial charge in [0.15, 0.2) is 0 Å². The number of hydrogen-bond donors (Lipinski definition) is 1. The number of amides is 2. The van der Waals surface area contributed by atoms with Crippen molar-refractivity contribution in [3.63, 3.8) is 0 Å². The third-order valence-corrected chi connectivity index (χ3v) is 3.79. The number of nitrogens with one attached hydrogen (secondary N) is 1. The number of carbonyl (C=O) groups is 2. The van der Waals surface area contributed by atoms with E-state index in [9.17, 15) is 9.59 Å². The van der Waals surface area contributed by atoms with E-state index in [-0.39, 0.29) is 17.7 Å². The van der Waals surface area contributed by atoms with Crippen molar-refractivity contribution in [3.8, 4) is 5.75 Å². The molecule has 0 saturated carbocycles. The van der Waals surface area contributed by atoms with E-state index in [1.165, 1.54) is 0 Å². The number of rotatable bonds is 7. The van der Waals surface area contributed by atoms with Crippen molar-refractivity contribution in [1.82, 2.24) is 10.4 Å². The van der Waals surface area contributed by atoms with Crippen LogP contribution in [0.1, 0.15) is 26.2 Å². The average Bonchev–Trinajstić information content (AvgIpc) is 2.60. The molecule has 1 aliphatic rings. The van der Waals surface area contributed by atoms with Crippen LogP contribution in [0, 0.1) is 5.92 Å². The number of para-hydroxylation sites is 1. The largest absolute Gasteiger partial charge is 0.493 e. The van der Waals surface area contributed by atoms with Crippen LogP contribution in [0.4, 0.5) is 0 Å². The second kappa shape index (κ2) is 9.15. The molecule has 0 spiro atoms. The summed E-state index contributed by atoms with van der Waals surface area (Å²) >= 11 is 0. The van der Waals surface area contributed by atoms with Crippen LogP contribution in [-0.2, 0) is 14.4 Å². The first-order chi connectivity index (χ1) is 11.2. The van der Waals surface area contributed by atoms with Gasteiger partial charge in [0.1, 0.15) is 5.75 Å². The smallest absolute Gasteiger partial charge is 0.248 e. The van der Waals surface area contributed by atoms with Crippen LogP contribution in [0.3, 0.4) is 0 Å². The number of benzene rings is 1. The SMILES string of the molecule is CCONC(=O)[C@@H]1CCCN(C(=O)CCOc2ccccc2)C1. The monoisotopic (exact) mass is 320 g/mol. The van der Waals surface area contributed by atoms with Gasteiger partial charge in [0.05, 0.1) is 25.6 Å². The lowest BCUT2D eigenvalue weighted by Gasteiger charge is -2.32. The minimum Gasteiger partial charge on any atom is -0.493 e. The van der Waals surface area contributed by atoms with Crippen molar-refractivity contribution in [1.29, 1.82) is 0 Å². The highest BCUT2D eigenvalue weighted by Crippen LogP contribution is 2.17. The Labute approximate surface area is 136 Å². The van der Waals surface area contributed by atoms with Gasteiger partial charge < -0.3 is 9.64 Å². The van der Waals surface area contributed by atoms with Gasteiger partial charge >= 0.3 is 0 Å². The molecule has 0 aromatic heterocycles. The molecule has 126 valence electrons. The fourth-order valence-electron chi connectivity index (χ4n) is 2.58. The topological polar surface area (TPSA) is 67.9 Å². The minimum atomic E-state index is -0.200. The lowest BCUT2D eigenvalue weighted by atomic mass is 9.97. The standard InChI is InChI=1S/C17H24N2O4/c1-2-23-18-17(21)14-7-6-11-19(13-14)16(20)10-12-22-15-8-4-3-5-9-15/h3-5,8-9,14H,2,6-7,10-13H2,1H3,(H,18,21)/t14-/m1/s1. The molecule has 1 heterocycles. The Morgan fingerprint density at radius 2 is 2.09 bits per heavy atom. The van der Waals surface area contributed by atoms with E-state index in [2.05, 4.69) is 5.48 Å². The molecule has 1 aliphatic heterocycles. The molecule has 1 aromatic carbocycles. The van der Waals surface area contributed by atoms with Gasteiger partial charge in [-0.05, 0) is 31.9 Å². The molecule has 23 heavy (non-hydrogen) atoms. The Bertz CT molecular complexity index is 507. The zero-order valence-electron chi connectivity index (χ0n) is 13.5. The summed E-state index contributed by atoms with van der Waals surface area (Å²) in [4.78, 5) is 30.9. The number of nitrogens with zero attached hydrogens (tertiary/aromatic N) is 1. The second-order valence-electron chi connectivity index (χ2n) is 5.49. The van der Waals surface area contributed by atoms with Crippen LogP contribution >= 0.6 is 0 Å². The quantitative estimate of drug-likeness (QED) is 0.777. The zero-order chi connectivity index (χ0) is 16.5. The molecule has 1 atom stereocenters. The first kappa shape index (κ1) is 17.3. The minimum absolute atomic E-state index is 0.0230. The van der Waals surface area contributed by atoms with Gasteiger partial charge in [-0.25, -0.2) is 5.48 Å². The van der Waals surface area contributed by atoms with E-state index < -0.39 is 0 Å². The zero-order valence-corrected chi connectivity index (χ0v) is 13.5. The maximum atomic E-state index is 12.3. The number of hydrogen-bond acceptors (Lipinski definition) is 4. The van der Waals surface area contributed by atoms with Gasteiger partial charge in [-0.2, -0.15) is 0 Å². The Morgan fingerprint density at radius 3 is 2.83 bits per heavy atom. The number of ether oxygens (including phenoxy) is 1. The van der Waals surface area contributed by atoms with Crippen LogP contribution in [0.2, 0.25) is 0 Å². The van der Waals surface area contributed by atoms with E-state index in [1.807, 2.05) is 37.3 Å². The molecule has 6 nitrogen and oxygen atoms in total. The summed E-state index contributed by atoms with van der Waals surface area (Å²) in [5, 5.41) is 0. The summed E-state index contributed by atoms with van der Waals surface area (Å²) in [6, 6.07) is 9.42. The maximum absolute atomic E-state index is 12.3. The average molecular weight is 320 g/mol. The van der Waals surface area contributed by atoms with Crippen molar-refractivity contribution in [2.75, 3.05) is 26.3 Å². The fourth-order valence-corrected chi connectivity index (χ4v) is 2.58. The second-order valence-corrected chi connectivity index (χ2v) is 5.49. The summed E-state index contributed by atoms with van der Waals surface area (Å²) in [5.41, 5.74) is 2.42. The molecule has 1 N–H and O–H groups in total. The van der Waals surface area contributed by atoms with E-state index >= 15 is 0 Å². The Morgan fingerprint density at radius 1 is 1.30 bits per heavy atom. The summed E-state index contributed by atoms with van der Waals surface area (Å²) in [6.45, 7) is 3.72. The first-order valence-electron chi connectivity index (χ1n) is 8.08. The third kappa shape index (κ3) is 5.56. The molecule has 1 fully saturated rings. The van der Waals surface area contributed by atoms with Gasteiger partial charge in [-0.3, -0.25) is 14.4 Å². The molecular formula is C17H24N2O4. The molecule has 6 heteroatoms. The van der Waals surface area contributed by atoms with Crippen LogP contribution < -0.4 is 10.2 Å². The molecule has 0 aliphatic carbocycles. The van der Waals surface area contributed by atoms with E-state index in [0.717, 1.165) is 18.6 Å². The summed E-state index contributed by atoms with van der Waals surface area (Å²) < 4.78 is 5.55. The first-order valence-corrected chi connectivity index (χ1v) is 8.08. The van der Waals surface area contributed by atoms with Gasteiger partial charge in [0.2, 0.25) is 11.8 Å². The molecule has 1 aromatic rings. The van der Waals surface area contributed by atoms with E-state index in [4.69, 9.17) is 9.57 Å². The molecule has 0 radical (unpaired) electrons. The lowest BCUT2D eigenvalue weighted by Crippen LogP contribution is -2.45. The van der Waals surface area contributed by atoms with Gasteiger partial charge in [-0.15, -0.1) is 0 Å². The number of piperidine rings is 1. The highest BCUT2D eigenvalue weighted by atomic mass is 16.6. The van der Waals surface area contributed by atoms with Crippen LogP contribution in [0.5, 0.6) is 5.75 Å². The molecule has 0 bridgehead atoms. The number of carbonyl (C=O) groups excluding carboxylic acids is 2. The third-order valence-electron chi connectivity index (χ3n) is 3.79. The van der Waals surface area contributed by atoms with Crippen LogP contribution in [0.15, 0.2) is 30.3 Å². The number of hydroxylamine groups is 1. The molecule has 2 amide bonds. The summed E-state index contributed by atoms with van der Waals surface area (Å²) in [7, 11) is 0. The predicted octanol–water partition coefficient (Wildman–Crippen LogP) is 1.76. The number of likely N-dealkylation sites (tertiary alicyclic amines) is 1. The Hall–Kier alpha value is -2.08. The van der Waals surface area contributed by atoms with Gasteiger partial charge in [-0.1, -0.05) is 18.2 Å². The summed E-state index contributed by atoms with van der Waals surface area (Å²) in [6.07, 6.45) is 1.92. The molecule has 0 unspecified atom stereocenters. The van der Waals surface area contributed by atoms with E-state index in [1.54, 1.807) is 4.90 Å². The van der Waals surface area contributed by atoms with Crippen LogP contribution in [0.25, 0.3) is 0 Å². The lowest BCUT2D eigenvalue weighted by molar-refractivity contribution is -0.142. The van der Waals surface area contributed by atoms with Crippen molar-refractivity contribution in [3.05, 3.63) is 30.3 Å². The van der Waals surface area contributed by atoms with Crippen molar-refractivity contribution < 1.29 is 19.2 Å². The molecular weight excluding hydrogens is 296 g/mol. The normalized spacial score (nSPS) is 17.6. The van der Waals surface area contributed by atoms with Crippen LogP contribution in [-0.4, -0.2) is 43.0 Å². The van der Waals surface area contributed by atoms with E-state index in [0.29, 0.717) is 32.7 Å². The Balaban J connectivity index is 1.74. The van der Waals surface area contributed by atoms with Crippen molar-refractivity contribution in [2.24, 2.45) is 5.92 Å². The Kier molecular flexibility index (Phi) is 6.87. The van der Waals surface area contributed by atoms with Gasteiger partial charge in [0.25, 0.3) is 0 Å². The molecule has 2 rings (SSSR count). The predicted molar refractivity (Wildman–Crippen MR) is 85.6 cm³/mol.